The van der Waals surface area contributed by atoms with E-state index in [0.717, 1.165) is 12.1 Å². The molecular formula is C9H12FNO4S. The van der Waals surface area contributed by atoms with Gasteiger partial charge in [-0.3, -0.25) is 4.72 Å². The second kappa shape index (κ2) is 5.13. The maximum Gasteiger partial charge on any atom is 0.235 e. The Morgan fingerprint density at radius 3 is 2.75 bits per heavy atom. The Bertz CT molecular complexity index is 461. The second-order valence-electron chi connectivity index (χ2n) is 2.99. The number of hydrogen-bond acceptors (Lipinski definition) is 4. The van der Waals surface area contributed by atoms with Gasteiger partial charge in [0.05, 0.1) is 25.2 Å². The number of aliphatic hydroxyl groups is 1. The van der Waals surface area contributed by atoms with Crippen LogP contribution in [0.3, 0.4) is 0 Å². The standard InChI is InChI=1S/C9H12FNO4S/c1-15-9-6-7(10)2-3-8(9)11-16(13,14)5-4-12/h2-3,6,11-12H,4-5H2,1H3. The zero-order valence-electron chi connectivity index (χ0n) is 8.60. The Morgan fingerprint density at radius 2 is 2.19 bits per heavy atom. The quantitative estimate of drug-likeness (QED) is 0.800. The number of sulfonamides is 1. The second-order valence-corrected chi connectivity index (χ2v) is 4.83. The molecule has 0 aliphatic carbocycles. The van der Waals surface area contributed by atoms with Crippen LogP contribution in [0.25, 0.3) is 0 Å². The Kier molecular flexibility index (Phi) is 4.08. The average molecular weight is 249 g/mol. The molecule has 0 bridgehead atoms. The average Bonchev–Trinajstić information content (AvgIpc) is 2.20. The molecule has 90 valence electrons. The lowest BCUT2D eigenvalue weighted by molar-refractivity contribution is 0.320. The summed E-state index contributed by atoms with van der Waals surface area (Å²) in [6.07, 6.45) is 0. The number of hydrogen-bond donors (Lipinski definition) is 2. The summed E-state index contributed by atoms with van der Waals surface area (Å²) in [6, 6.07) is 3.43. The molecule has 0 aromatic heterocycles. The lowest BCUT2D eigenvalue weighted by Gasteiger charge is -2.10. The van der Waals surface area contributed by atoms with Gasteiger partial charge in [-0.25, -0.2) is 12.8 Å². The van der Waals surface area contributed by atoms with Crippen molar-refractivity contribution in [1.29, 1.82) is 0 Å². The lowest BCUT2D eigenvalue weighted by atomic mass is 10.3. The van der Waals surface area contributed by atoms with Crippen LogP contribution in [-0.2, 0) is 10.0 Å². The minimum absolute atomic E-state index is 0.0847. The summed E-state index contributed by atoms with van der Waals surface area (Å²) in [5, 5.41) is 8.54. The molecular weight excluding hydrogens is 237 g/mol. The van der Waals surface area contributed by atoms with Crippen LogP contribution in [-0.4, -0.2) is 33.0 Å². The first kappa shape index (κ1) is 12.7. The molecule has 0 heterocycles. The third-order valence-corrected chi connectivity index (χ3v) is 3.04. The number of anilines is 1. The van der Waals surface area contributed by atoms with Gasteiger partial charge in [-0.2, -0.15) is 0 Å². The summed E-state index contributed by atoms with van der Waals surface area (Å²) < 4.78 is 42.5. The third-order valence-electron chi connectivity index (χ3n) is 1.79. The zero-order valence-corrected chi connectivity index (χ0v) is 9.42. The molecule has 16 heavy (non-hydrogen) atoms. The van der Waals surface area contributed by atoms with Gasteiger partial charge in [0, 0.05) is 6.07 Å². The van der Waals surface area contributed by atoms with E-state index in [1.807, 2.05) is 0 Å². The van der Waals surface area contributed by atoms with Gasteiger partial charge in [0.15, 0.2) is 0 Å². The van der Waals surface area contributed by atoms with Gasteiger partial charge >= 0.3 is 0 Å². The van der Waals surface area contributed by atoms with Crippen molar-refractivity contribution in [3.63, 3.8) is 0 Å². The Morgan fingerprint density at radius 1 is 1.50 bits per heavy atom. The van der Waals surface area contributed by atoms with Crippen LogP contribution in [0.4, 0.5) is 10.1 Å². The molecule has 7 heteroatoms. The van der Waals surface area contributed by atoms with Crippen molar-refractivity contribution in [1.82, 2.24) is 0 Å². The molecule has 0 aliphatic heterocycles. The number of benzene rings is 1. The molecule has 0 saturated carbocycles. The molecule has 1 rings (SSSR count). The van der Waals surface area contributed by atoms with Crippen LogP contribution in [0.15, 0.2) is 18.2 Å². The van der Waals surface area contributed by atoms with E-state index in [2.05, 4.69) is 4.72 Å². The van der Waals surface area contributed by atoms with Crippen LogP contribution in [0.2, 0.25) is 0 Å². The first-order chi connectivity index (χ1) is 7.48. The summed E-state index contributed by atoms with van der Waals surface area (Å²) in [7, 11) is -2.33. The highest BCUT2D eigenvalue weighted by molar-refractivity contribution is 7.92. The summed E-state index contributed by atoms with van der Waals surface area (Å²) in [5.74, 6) is -0.864. The normalized spacial score (nSPS) is 11.2. The van der Waals surface area contributed by atoms with Crippen LogP contribution in [0.1, 0.15) is 0 Å². The highest BCUT2D eigenvalue weighted by Gasteiger charge is 2.13. The van der Waals surface area contributed by atoms with E-state index in [1.54, 1.807) is 0 Å². The topological polar surface area (TPSA) is 75.6 Å². The van der Waals surface area contributed by atoms with Crippen molar-refractivity contribution in [3.8, 4) is 5.75 Å². The summed E-state index contributed by atoms with van der Waals surface area (Å²) in [5.41, 5.74) is 0.136. The van der Waals surface area contributed by atoms with Crippen molar-refractivity contribution in [2.75, 3.05) is 24.2 Å². The van der Waals surface area contributed by atoms with Gasteiger partial charge in [0.1, 0.15) is 11.6 Å². The first-order valence-electron chi connectivity index (χ1n) is 4.43. The molecule has 1 aromatic rings. The maximum atomic E-state index is 12.8. The van der Waals surface area contributed by atoms with Crippen LogP contribution in [0.5, 0.6) is 5.75 Å². The van der Waals surface area contributed by atoms with Gasteiger partial charge in [0.2, 0.25) is 10.0 Å². The number of aliphatic hydroxyl groups excluding tert-OH is 1. The number of halogens is 1. The molecule has 0 unspecified atom stereocenters. The van der Waals surface area contributed by atoms with Gasteiger partial charge in [-0.1, -0.05) is 0 Å². The fraction of sp³-hybridized carbons (Fsp3) is 0.333. The minimum atomic E-state index is -3.63. The van der Waals surface area contributed by atoms with Gasteiger partial charge in [-0.15, -0.1) is 0 Å². The maximum absolute atomic E-state index is 12.8. The van der Waals surface area contributed by atoms with E-state index in [4.69, 9.17) is 9.84 Å². The monoisotopic (exact) mass is 249 g/mol. The number of methoxy groups -OCH3 is 1. The van der Waals surface area contributed by atoms with Gasteiger partial charge < -0.3 is 9.84 Å². The molecule has 0 aliphatic rings. The predicted molar refractivity (Wildman–Crippen MR) is 57.4 cm³/mol. The Labute approximate surface area is 92.9 Å². The molecule has 0 radical (unpaired) electrons. The minimum Gasteiger partial charge on any atom is -0.494 e. The zero-order chi connectivity index (χ0) is 12.2. The molecule has 0 fully saturated rings. The number of ether oxygens (including phenoxy) is 1. The van der Waals surface area contributed by atoms with Crippen molar-refractivity contribution in [3.05, 3.63) is 24.0 Å². The molecule has 0 spiro atoms. The van der Waals surface area contributed by atoms with E-state index in [9.17, 15) is 12.8 Å². The van der Waals surface area contributed by atoms with E-state index in [1.165, 1.54) is 13.2 Å². The summed E-state index contributed by atoms with van der Waals surface area (Å²) >= 11 is 0. The van der Waals surface area contributed by atoms with E-state index >= 15 is 0 Å². The number of rotatable bonds is 5. The van der Waals surface area contributed by atoms with Crippen LogP contribution in [0, 0.1) is 5.82 Å². The molecule has 0 saturated heterocycles. The summed E-state index contributed by atoms with van der Waals surface area (Å²) in [4.78, 5) is 0. The largest absolute Gasteiger partial charge is 0.494 e. The highest BCUT2D eigenvalue weighted by atomic mass is 32.2. The lowest BCUT2D eigenvalue weighted by Crippen LogP contribution is -2.19. The highest BCUT2D eigenvalue weighted by Crippen LogP contribution is 2.25. The van der Waals surface area contributed by atoms with Crippen molar-refractivity contribution in [2.45, 2.75) is 0 Å². The SMILES string of the molecule is COc1cc(F)ccc1NS(=O)(=O)CCO. The molecule has 1 aromatic carbocycles. The fourth-order valence-corrected chi connectivity index (χ4v) is 1.93. The molecule has 0 atom stereocenters. The summed E-state index contributed by atoms with van der Waals surface area (Å²) in [6.45, 7) is -0.487. The van der Waals surface area contributed by atoms with Crippen molar-refractivity contribution >= 4 is 15.7 Å². The van der Waals surface area contributed by atoms with Crippen molar-refractivity contribution < 1.29 is 22.7 Å². The van der Waals surface area contributed by atoms with Crippen LogP contribution < -0.4 is 9.46 Å². The van der Waals surface area contributed by atoms with Crippen LogP contribution >= 0.6 is 0 Å². The molecule has 5 nitrogen and oxygen atoms in total. The van der Waals surface area contributed by atoms with Gasteiger partial charge in [-0.05, 0) is 12.1 Å². The first-order valence-corrected chi connectivity index (χ1v) is 6.08. The van der Waals surface area contributed by atoms with Gasteiger partial charge in [0.25, 0.3) is 0 Å². The van der Waals surface area contributed by atoms with E-state index in [0.29, 0.717) is 0 Å². The number of nitrogens with one attached hydrogen (secondary N) is 1. The fourth-order valence-electron chi connectivity index (χ4n) is 1.09. The Hall–Kier alpha value is -1.34. The van der Waals surface area contributed by atoms with Crippen molar-refractivity contribution in [2.24, 2.45) is 0 Å². The molecule has 2 N–H and O–H groups in total. The smallest absolute Gasteiger partial charge is 0.235 e. The Balaban J connectivity index is 2.97. The van der Waals surface area contributed by atoms with E-state index < -0.39 is 28.2 Å². The predicted octanol–water partition coefficient (Wildman–Crippen LogP) is 0.568. The molecule has 0 amide bonds. The van der Waals surface area contributed by atoms with E-state index in [-0.39, 0.29) is 11.4 Å². The third kappa shape index (κ3) is 3.35.